The zero-order valence-corrected chi connectivity index (χ0v) is 11.6. The van der Waals surface area contributed by atoms with E-state index in [1.165, 1.54) is 30.6 Å². The summed E-state index contributed by atoms with van der Waals surface area (Å²) in [6, 6.07) is 0.278. The summed E-state index contributed by atoms with van der Waals surface area (Å²) in [5, 5.41) is 11.9. The molecule has 5 heteroatoms. The van der Waals surface area contributed by atoms with Crippen molar-refractivity contribution in [1.82, 2.24) is 9.88 Å². The third-order valence-corrected chi connectivity index (χ3v) is 4.23. The molecular weight excluding hydrogens is 248 g/mol. The second-order valence-corrected chi connectivity index (χ2v) is 5.83. The molecular formula is C13H20N2O2S. The van der Waals surface area contributed by atoms with Crippen molar-refractivity contribution in [2.45, 2.75) is 45.1 Å². The van der Waals surface area contributed by atoms with Crippen LogP contribution in [0.15, 0.2) is 5.38 Å². The second-order valence-electron chi connectivity index (χ2n) is 4.77. The first kappa shape index (κ1) is 13.5. The molecule has 1 heterocycles. The third-order valence-electron chi connectivity index (χ3n) is 3.46. The highest BCUT2D eigenvalue weighted by molar-refractivity contribution is 7.09. The number of hydrogen-bond acceptors (Lipinski definition) is 4. The number of nitrogens with zero attached hydrogens (tertiary/aromatic N) is 2. The number of thiazole rings is 1. The zero-order chi connectivity index (χ0) is 13.0. The summed E-state index contributed by atoms with van der Waals surface area (Å²) < 4.78 is 0. The number of amides is 1. The van der Waals surface area contributed by atoms with Crippen LogP contribution in [0.1, 0.15) is 47.6 Å². The SMILES string of the molecule is Cc1nc(C(=O)N(CCO)C2CCCCC2)cs1. The van der Waals surface area contributed by atoms with Gasteiger partial charge in [-0.05, 0) is 19.8 Å². The number of carbonyl (C=O) groups excluding carboxylic acids is 1. The molecule has 4 nitrogen and oxygen atoms in total. The first-order valence-electron chi connectivity index (χ1n) is 6.56. The number of aromatic nitrogens is 1. The van der Waals surface area contributed by atoms with Gasteiger partial charge in [0.05, 0.1) is 11.6 Å². The molecule has 0 unspecified atom stereocenters. The number of aliphatic hydroxyl groups is 1. The van der Waals surface area contributed by atoms with Gasteiger partial charge in [-0.2, -0.15) is 0 Å². The van der Waals surface area contributed by atoms with Crippen LogP contribution in [0, 0.1) is 6.92 Å². The minimum absolute atomic E-state index is 0.0192. The molecule has 0 radical (unpaired) electrons. The van der Waals surface area contributed by atoms with Gasteiger partial charge >= 0.3 is 0 Å². The average molecular weight is 268 g/mol. The first-order chi connectivity index (χ1) is 8.72. The molecule has 1 aliphatic rings. The molecule has 0 aliphatic heterocycles. The summed E-state index contributed by atoms with van der Waals surface area (Å²) in [7, 11) is 0. The van der Waals surface area contributed by atoms with Gasteiger partial charge in [-0.3, -0.25) is 4.79 Å². The van der Waals surface area contributed by atoms with Crippen molar-refractivity contribution in [3.8, 4) is 0 Å². The number of carbonyl (C=O) groups is 1. The molecule has 1 amide bonds. The van der Waals surface area contributed by atoms with Crippen LogP contribution in [0.2, 0.25) is 0 Å². The normalized spacial score (nSPS) is 16.8. The van der Waals surface area contributed by atoms with Gasteiger partial charge in [0, 0.05) is 18.0 Å². The van der Waals surface area contributed by atoms with Crippen LogP contribution < -0.4 is 0 Å². The van der Waals surface area contributed by atoms with Crippen LogP contribution in [-0.4, -0.2) is 40.1 Å². The van der Waals surface area contributed by atoms with Gasteiger partial charge in [0.15, 0.2) is 0 Å². The molecule has 2 rings (SSSR count). The molecule has 1 aromatic heterocycles. The highest BCUT2D eigenvalue weighted by atomic mass is 32.1. The van der Waals surface area contributed by atoms with E-state index >= 15 is 0 Å². The highest BCUT2D eigenvalue weighted by Crippen LogP contribution is 2.24. The van der Waals surface area contributed by atoms with E-state index in [9.17, 15) is 4.79 Å². The van der Waals surface area contributed by atoms with Gasteiger partial charge in [-0.25, -0.2) is 4.98 Å². The zero-order valence-electron chi connectivity index (χ0n) is 10.8. The minimum Gasteiger partial charge on any atom is -0.395 e. The summed E-state index contributed by atoms with van der Waals surface area (Å²) in [6.45, 7) is 2.34. The molecule has 1 saturated carbocycles. The predicted molar refractivity (Wildman–Crippen MR) is 71.8 cm³/mol. The van der Waals surface area contributed by atoms with Gasteiger partial charge < -0.3 is 10.0 Å². The van der Waals surface area contributed by atoms with E-state index in [2.05, 4.69) is 4.98 Å². The van der Waals surface area contributed by atoms with E-state index < -0.39 is 0 Å². The van der Waals surface area contributed by atoms with Crippen LogP contribution in [-0.2, 0) is 0 Å². The quantitative estimate of drug-likeness (QED) is 0.911. The fourth-order valence-corrected chi connectivity index (χ4v) is 3.15. The maximum absolute atomic E-state index is 12.4. The van der Waals surface area contributed by atoms with Crippen molar-refractivity contribution in [3.63, 3.8) is 0 Å². The number of aryl methyl sites for hydroxylation is 1. The first-order valence-corrected chi connectivity index (χ1v) is 7.44. The van der Waals surface area contributed by atoms with Crippen molar-refractivity contribution < 1.29 is 9.90 Å². The molecule has 0 saturated heterocycles. The van der Waals surface area contributed by atoms with E-state index in [1.807, 2.05) is 17.2 Å². The van der Waals surface area contributed by atoms with Gasteiger partial charge in [-0.15, -0.1) is 11.3 Å². The number of hydrogen-bond donors (Lipinski definition) is 1. The fraction of sp³-hybridized carbons (Fsp3) is 0.692. The Labute approximate surface area is 112 Å². The van der Waals surface area contributed by atoms with Crippen molar-refractivity contribution in [2.75, 3.05) is 13.2 Å². The van der Waals surface area contributed by atoms with Gasteiger partial charge in [0.2, 0.25) is 0 Å². The van der Waals surface area contributed by atoms with Gasteiger partial charge in [-0.1, -0.05) is 19.3 Å². The Bertz CT molecular complexity index is 399. The van der Waals surface area contributed by atoms with E-state index in [1.54, 1.807) is 0 Å². The standard InChI is InChI=1S/C13H20N2O2S/c1-10-14-12(9-18-10)13(17)15(7-8-16)11-5-3-2-4-6-11/h9,11,16H,2-8H2,1H3. The largest absolute Gasteiger partial charge is 0.395 e. The summed E-state index contributed by atoms with van der Waals surface area (Å²) >= 11 is 1.49. The number of aliphatic hydroxyl groups excluding tert-OH is 1. The fourth-order valence-electron chi connectivity index (χ4n) is 2.56. The van der Waals surface area contributed by atoms with E-state index in [0.29, 0.717) is 12.2 Å². The lowest BCUT2D eigenvalue weighted by atomic mass is 9.94. The maximum Gasteiger partial charge on any atom is 0.273 e. The Hall–Kier alpha value is -0.940. The molecule has 0 aromatic carbocycles. The topological polar surface area (TPSA) is 53.4 Å². The van der Waals surface area contributed by atoms with Gasteiger partial charge in [0.1, 0.15) is 5.69 Å². The van der Waals surface area contributed by atoms with Crippen molar-refractivity contribution >= 4 is 17.2 Å². The van der Waals surface area contributed by atoms with E-state index in [4.69, 9.17) is 5.11 Å². The smallest absolute Gasteiger partial charge is 0.273 e. The molecule has 1 aromatic rings. The Morgan fingerprint density at radius 3 is 2.78 bits per heavy atom. The van der Waals surface area contributed by atoms with Gasteiger partial charge in [0.25, 0.3) is 5.91 Å². The molecule has 0 atom stereocenters. The van der Waals surface area contributed by atoms with Crippen LogP contribution in [0.3, 0.4) is 0 Å². The van der Waals surface area contributed by atoms with Crippen LogP contribution in [0.4, 0.5) is 0 Å². The molecule has 1 aliphatic carbocycles. The minimum atomic E-state index is -0.0275. The molecule has 0 bridgehead atoms. The molecule has 1 fully saturated rings. The number of rotatable bonds is 4. The lowest BCUT2D eigenvalue weighted by Crippen LogP contribution is -2.43. The van der Waals surface area contributed by atoms with Crippen molar-refractivity contribution in [1.29, 1.82) is 0 Å². The third kappa shape index (κ3) is 3.09. The lowest BCUT2D eigenvalue weighted by Gasteiger charge is -2.33. The van der Waals surface area contributed by atoms with E-state index in [-0.39, 0.29) is 18.6 Å². The summed E-state index contributed by atoms with van der Waals surface area (Å²) in [4.78, 5) is 18.5. The predicted octanol–water partition coefficient (Wildman–Crippen LogP) is 2.22. The monoisotopic (exact) mass is 268 g/mol. The second kappa shape index (κ2) is 6.29. The lowest BCUT2D eigenvalue weighted by molar-refractivity contribution is 0.0580. The van der Waals surface area contributed by atoms with Crippen LogP contribution in [0.5, 0.6) is 0 Å². The van der Waals surface area contributed by atoms with Crippen LogP contribution >= 0.6 is 11.3 Å². The summed E-state index contributed by atoms with van der Waals surface area (Å²) in [5.41, 5.74) is 0.525. The molecule has 1 N–H and O–H groups in total. The Morgan fingerprint density at radius 2 is 2.22 bits per heavy atom. The summed E-state index contributed by atoms with van der Waals surface area (Å²) in [6.07, 6.45) is 5.71. The molecule has 100 valence electrons. The Balaban J connectivity index is 2.10. The van der Waals surface area contributed by atoms with E-state index in [0.717, 1.165) is 17.8 Å². The van der Waals surface area contributed by atoms with Crippen molar-refractivity contribution in [2.24, 2.45) is 0 Å². The molecule has 0 spiro atoms. The van der Waals surface area contributed by atoms with Crippen LogP contribution in [0.25, 0.3) is 0 Å². The average Bonchev–Trinajstić information content (AvgIpc) is 2.83. The molecule has 18 heavy (non-hydrogen) atoms. The Kier molecular flexibility index (Phi) is 4.72. The summed E-state index contributed by atoms with van der Waals surface area (Å²) in [5.74, 6) is -0.0275. The Morgan fingerprint density at radius 1 is 1.50 bits per heavy atom. The maximum atomic E-state index is 12.4. The highest BCUT2D eigenvalue weighted by Gasteiger charge is 2.26. The van der Waals surface area contributed by atoms with Crippen molar-refractivity contribution in [3.05, 3.63) is 16.1 Å².